The second kappa shape index (κ2) is 7.90. The van der Waals surface area contributed by atoms with Gasteiger partial charge in [-0.05, 0) is 30.3 Å². The number of carbonyl (C=O) groups excluding carboxylic acids is 1. The number of rotatable bonds is 3. The van der Waals surface area contributed by atoms with Crippen LogP contribution in [0.25, 0.3) is 0 Å². The Bertz CT molecular complexity index is 904. The lowest BCUT2D eigenvalue weighted by atomic mass is 10.1. The number of para-hydroxylation sites is 2. The quantitative estimate of drug-likeness (QED) is 0.818. The van der Waals surface area contributed by atoms with E-state index in [9.17, 15) is 4.79 Å². The zero-order valence-electron chi connectivity index (χ0n) is 16.1. The summed E-state index contributed by atoms with van der Waals surface area (Å²) in [5.74, 6) is 3.05. The van der Waals surface area contributed by atoms with Gasteiger partial charge in [0.1, 0.15) is 29.6 Å². The van der Waals surface area contributed by atoms with E-state index >= 15 is 0 Å². The van der Waals surface area contributed by atoms with Crippen LogP contribution < -0.4 is 9.47 Å². The number of ether oxygens (including phenoxy) is 3. The van der Waals surface area contributed by atoms with Crippen molar-refractivity contribution in [2.75, 3.05) is 47.0 Å². The molecule has 2 heterocycles. The molecule has 0 radical (unpaired) electrons. The Balaban J connectivity index is 1.67. The first kappa shape index (κ1) is 18.3. The monoisotopic (exact) mass is 381 g/mol. The van der Waals surface area contributed by atoms with Crippen molar-refractivity contribution in [2.45, 2.75) is 0 Å². The zero-order valence-corrected chi connectivity index (χ0v) is 16.1. The lowest BCUT2D eigenvalue weighted by Crippen LogP contribution is -2.51. The Morgan fingerprint density at radius 2 is 1.86 bits per heavy atom. The van der Waals surface area contributed by atoms with E-state index in [0.717, 1.165) is 34.3 Å². The van der Waals surface area contributed by atoms with Crippen molar-refractivity contribution in [3.05, 3.63) is 48.0 Å². The van der Waals surface area contributed by atoms with Gasteiger partial charge >= 0.3 is 0 Å². The first-order valence-electron chi connectivity index (χ1n) is 9.25. The van der Waals surface area contributed by atoms with E-state index in [0.29, 0.717) is 26.2 Å². The van der Waals surface area contributed by atoms with Gasteiger partial charge < -0.3 is 24.0 Å². The van der Waals surface area contributed by atoms with Crippen LogP contribution in [0, 0.1) is 0 Å². The number of nitrogens with zero attached hydrogens (tertiary/aromatic N) is 3. The van der Waals surface area contributed by atoms with Crippen LogP contribution in [-0.4, -0.2) is 68.5 Å². The van der Waals surface area contributed by atoms with Gasteiger partial charge in [-0.25, -0.2) is 4.99 Å². The van der Waals surface area contributed by atoms with Crippen LogP contribution in [0.1, 0.15) is 5.56 Å². The highest BCUT2D eigenvalue weighted by molar-refractivity contribution is 6.04. The average molecular weight is 381 g/mol. The maximum Gasteiger partial charge on any atom is 0.248 e. The molecule has 2 aliphatic heterocycles. The Morgan fingerprint density at radius 3 is 2.61 bits per heavy atom. The number of methoxy groups -OCH3 is 2. The molecule has 7 nitrogen and oxygen atoms in total. The standard InChI is InChI=1S/C21H23N3O4/c1-26-14-20(25)23-9-11-24(12-10-23)21-16-13-15(27-2)7-8-18(16)28-19-6-4-3-5-17(19)22-21/h3-8,13H,9-12,14H2,1-2H3. The van der Waals surface area contributed by atoms with E-state index in [4.69, 9.17) is 19.2 Å². The fourth-order valence-electron chi connectivity index (χ4n) is 3.45. The Labute approximate surface area is 164 Å². The van der Waals surface area contributed by atoms with Crippen molar-refractivity contribution in [3.63, 3.8) is 0 Å². The molecule has 28 heavy (non-hydrogen) atoms. The molecule has 0 bridgehead atoms. The molecule has 0 N–H and O–H groups in total. The molecule has 0 saturated carbocycles. The first-order valence-corrected chi connectivity index (χ1v) is 9.25. The minimum atomic E-state index is 0.0145. The van der Waals surface area contributed by atoms with Gasteiger partial charge in [0.15, 0.2) is 5.75 Å². The van der Waals surface area contributed by atoms with Crippen molar-refractivity contribution >= 4 is 17.4 Å². The largest absolute Gasteiger partial charge is 0.497 e. The summed E-state index contributed by atoms with van der Waals surface area (Å²) in [5, 5.41) is 0. The minimum absolute atomic E-state index is 0.0145. The molecular weight excluding hydrogens is 358 g/mol. The molecule has 2 aromatic carbocycles. The molecular formula is C21H23N3O4. The number of amidine groups is 1. The van der Waals surface area contributed by atoms with Crippen LogP contribution in [-0.2, 0) is 9.53 Å². The minimum Gasteiger partial charge on any atom is -0.497 e. The lowest BCUT2D eigenvalue weighted by molar-refractivity contribution is -0.136. The summed E-state index contributed by atoms with van der Waals surface area (Å²) in [4.78, 5) is 21.0. The van der Waals surface area contributed by atoms with Crippen molar-refractivity contribution in [1.82, 2.24) is 9.80 Å². The fourth-order valence-corrected chi connectivity index (χ4v) is 3.45. The van der Waals surface area contributed by atoms with Gasteiger partial charge in [-0.2, -0.15) is 0 Å². The summed E-state index contributed by atoms with van der Waals surface area (Å²) in [5.41, 5.74) is 1.66. The summed E-state index contributed by atoms with van der Waals surface area (Å²) >= 11 is 0. The third kappa shape index (κ3) is 3.53. The molecule has 0 unspecified atom stereocenters. The van der Waals surface area contributed by atoms with Crippen molar-refractivity contribution in [2.24, 2.45) is 4.99 Å². The molecule has 1 saturated heterocycles. The van der Waals surface area contributed by atoms with E-state index in [1.54, 1.807) is 7.11 Å². The Hall–Kier alpha value is -3.06. The van der Waals surface area contributed by atoms with Crippen molar-refractivity contribution in [3.8, 4) is 17.2 Å². The predicted octanol–water partition coefficient (Wildman–Crippen LogP) is 2.67. The molecule has 146 valence electrons. The van der Waals surface area contributed by atoms with E-state index in [-0.39, 0.29) is 12.5 Å². The second-order valence-corrected chi connectivity index (χ2v) is 6.67. The van der Waals surface area contributed by atoms with Crippen LogP contribution in [0.3, 0.4) is 0 Å². The average Bonchev–Trinajstić information content (AvgIpc) is 2.90. The summed E-state index contributed by atoms with van der Waals surface area (Å²) in [7, 11) is 3.18. The van der Waals surface area contributed by atoms with E-state index in [1.807, 2.05) is 47.4 Å². The second-order valence-electron chi connectivity index (χ2n) is 6.67. The van der Waals surface area contributed by atoms with E-state index in [1.165, 1.54) is 7.11 Å². The highest BCUT2D eigenvalue weighted by Gasteiger charge is 2.27. The lowest BCUT2D eigenvalue weighted by Gasteiger charge is -2.36. The number of piperazine rings is 1. The van der Waals surface area contributed by atoms with Crippen molar-refractivity contribution < 1.29 is 19.0 Å². The zero-order chi connectivity index (χ0) is 19.5. The van der Waals surface area contributed by atoms with Crippen LogP contribution in [0.4, 0.5) is 5.69 Å². The van der Waals surface area contributed by atoms with E-state index in [2.05, 4.69) is 4.90 Å². The topological polar surface area (TPSA) is 63.6 Å². The molecule has 0 atom stereocenters. The fraction of sp³-hybridized carbons (Fsp3) is 0.333. The molecule has 0 spiro atoms. The molecule has 7 heteroatoms. The third-order valence-corrected chi connectivity index (χ3v) is 4.94. The van der Waals surface area contributed by atoms with Gasteiger partial charge in [0.25, 0.3) is 0 Å². The van der Waals surface area contributed by atoms with Gasteiger partial charge in [0.05, 0.1) is 12.7 Å². The molecule has 1 fully saturated rings. The Morgan fingerprint density at radius 1 is 1.07 bits per heavy atom. The SMILES string of the molecule is COCC(=O)N1CCN(C2=Nc3ccccc3Oc3ccc(OC)cc32)CC1. The summed E-state index contributed by atoms with van der Waals surface area (Å²) in [6.07, 6.45) is 0. The number of carbonyl (C=O) groups is 1. The molecule has 0 aromatic heterocycles. The number of hydrogen-bond donors (Lipinski definition) is 0. The van der Waals surface area contributed by atoms with Crippen LogP contribution in [0.15, 0.2) is 47.5 Å². The van der Waals surface area contributed by atoms with Gasteiger partial charge in [0, 0.05) is 33.3 Å². The van der Waals surface area contributed by atoms with Crippen LogP contribution in [0.5, 0.6) is 17.2 Å². The molecule has 4 rings (SSSR count). The Kier molecular flexibility index (Phi) is 5.16. The number of amides is 1. The third-order valence-electron chi connectivity index (χ3n) is 4.94. The molecule has 2 aromatic rings. The first-order chi connectivity index (χ1) is 13.7. The number of hydrogen-bond acceptors (Lipinski definition) is 6. The van der Waals surface area contributed by atoms with Crippen LogP contribution in [0.2, 0.25) is 0 Å². The normalized spacial score (nSPS) is 15.7. The number of aliphatic imine (C=N–C) groups is 1. The van der Waals surface area contributed by atoms with Crippen LogP contribution >= 0.6 is 0 Å². The highest BCUT2D eigenvalue weighted by Crippen LogP contribution is 2.39. The molecule has 1 amide bonds. The van der Waals surface area contributed by atoms with Gasteiger partial charge in [-0.1, -0.05) is 12.1 Å². The van der Waals surface area contributed by atoms with Gasteiger partial charge in [-0.3, -0.25) is 4.79 Å². The number of benzene rings is 2. The maximum atomic E-state index is 12.1. The molecule has 0 aliphatic carbocycles. The summed E-state index contributed by atoms with van der Waals surface area (Å²) < 4.78 is 16.5. The van der Waals surface area contributed by atoms with Gasteiger partial charge in [0.2, 0.25) is 5.91 Å². The smallest absolute Gasteiger partial charge is 0.248 e. The molecule has 2 aliphatic rings. The predicted molar refractivity (Wildman–Crippen MR) is 106 cm³/mol. The van der Waals surface area contributed by atoms with Crippen molar-refractivity contribution in [1.29, 1.82) is 0 Å². The summed E-state index contributed by atoms with van der Waals surface area (Å²) in [6.45, 7) is 2.74. The number of fused-ring (bicyclic) bond motifs is 2. The van der Waals surface area contributed by atoms with Gasteiger partial charge in [-0.15, -0.1) is 0 Å². The summed E-state index contributed by atoms with van der Waals surface area (Å²) in [6, 6.07) is 13.5. The highest BCUT2D eigenvalue weighted by atomic mass is 16.5. The van der Waals surface area contributed by atoms with E-state index < -0.39 is 0 Å². The maximum absolute atomic E-state index is 12.1.